The lowest BCUT2D eigenvalue weighted by atomic mass is 9.98. The lowest BCUT2D eigenvalue weighted by Gasteiger charge is -2.35. The number of carbonyl (C=O) groups is 2. The van der Waals surface area contributed by atoms with E-state index in [1.165, 1.54) is 0 Å². The molecule has 172 valence electrons. The average molecular weight is 485 g/mol. The first-order valence-electron chi connectivity index (χ1n) is 10.8. The Kier molecular flexibility index (Phi) is 7.05. The summed E-state index contributed by atoms with van der Waals surface area (Å²) < 4.78 is 4.98. The van der Waals surface area contributed by atoms with Gasteiger partial charge in [0.15, 0.2) is 5.66 Å². The van der Waals surface area contributed by atoms with Gasteiger partial charge < -0.3 is 15.0 Å². The highest BCUT2D eigenvalue weighted by atomic mass is 35.5. The highest BCUT2D eigenvalue weighted by molar-refractivity contribution is 8.15. The molecule has 1 saturated heterocycles. The molecule has 4 rings (SSSR count). The SMILES string of the molecule is CCOC(=O)c1ccc(NC(=O)N2CCC3(CC2)N=C(SC)C(c2ccc(Cl)cc2)=N3)cc1. The van der Waals surface area contributed by atoms with Crippen LogP contribution in [0.4, 0.5) is 10.5 Å². The van der Waals surface area contributed by atoms with E-state index in [-0.39, 0.29) is 12.0 Å². The van der Waals surface area contributed by atoms with E-state index >= 15 is 0 Å². The fraction of sp³-hybridized carbons (Fsp3) is 0.333. The number of aliphatic imine (C=N–C) groups is 2. The molecule has 2 heterocycles. The van der Waals surface area contributed by atoms with Gasteiger partial charge in [-0.3, -0.25) is 4.99 Å². The number of esters is 1. The Hall–Kier alpha value is -2.84. The van der Waals surface area contributed by atoms with Crippen molar-refractivity contribution in [2.45, 2.75) is 25.4 Å². The van der Waals surface area contributed by atoms with E-state index in [4.69, 9.17) is 26.3 Å². The Balaban J connectivity index is 1.39. The molecule has 2 aromatic rings. The zero-order valence-electron chi connectivity index (χ0n) is 18.5. The van der Waals surface area contributed by atoms with Crippen LogP contribution in [0.3, 0.4) is 0 Å². The van der Waals surface area contributed by atoms with Gasteiger partial charge in [0.05, 0.1) is 17.9 Å². The van der Waals surface area contributed by atoms with E-state index < -0.39 is 5.66 Å². The van der Waals surface area contributed by atoms with Crippen LogP contribution < -0.4 is 5.32 Å². The van der Waals surface area contributed by atoms with E-state index in [9.17, 15) is 9.59 Å². The van der Waals surface area contributed by atoms with Crippen molar-refractivity contribution in [1.82, 2.24) is 4.90 Å². The summed E-state index contributed by atoms with van der Waals surface area (Å²) in [7, 11) is 0. The van der Waals surface area contributed by atoms with Crippen molar-refractivity contribution in [2.24, 2.45) is 9.98 Å². The normalized spacial score (nSPS) is 16.9. The molecule has 9 heteroatoms. The van der Waals surface area contributed by atoms with Crippen molar-refractivity contribution in [3.05, 3.63) is 64.7 Å². The lowest BCUT2D eigenvalue weighted by molar-refractivity contribution is 0.0526. The highest BCUT2D eigenvalue weighted by Gasteiger charge is 2.40. The molecule has 33 heavy (non-hydrogen) atoms. The molecule has 0 unspecified atom stereocenters. The van der Waals surface area contributed by atoms with Crippen LogP contribution in [-0.4, -0.2) is 59.3 Å². The van der Waals surface area contributed by atoms with Gasteiger partial charge in [-0.1, -0.05) is 23.7 Å². The molecular weight excluding hydrogens is 460 g/mol. The molecule has 2 aliphatic heterocycles. The minimum absolute atomic E-state index is 0.178. The predicted molar refractivity (Wildman–Crippen MR) is 134 cm³/mol. The molecular formula is C24H25ClN4O3S. The number of nitrogens with one attached hydrogen (secondary N) is 1. The van der Waals surface area contributed by atoms with Crippen LogP contribution >= 0.6 is 23.4 Å². The maximum atomic E-state index is 12.8. The maximum Gasteiger partial charge on any atom is 0.338 e. The molecule has 1 fully saturated rings. The number of halogens is 1. The van der Waals surface area contributed by atoms with Gasteiger partial charge in [-0.15, -0.1) is 11.8 Å². The Morgan fingerprint density at radius 2 is 1.76 bits per heavy atom. The molecule has 0 aliphatic carbocycles. The molecule has 0 bridgehead atoms. The second-order valence-corrected chi connectivity index (χ2v) is 9.02. The van der Waals surface area contributed by atoms with Crippen LogP contribution in [0.1, 0.15) is 35.7 Å². The third-order valence-corrected chi connectivity index (χ3v) is 6.57. The second kappa shape index (κ2) is 9.97. The van der Waals surface area contributed by atoms with Gasteiger partial charge in [0.25, 0.3) is 0 Å². The maximum absolute atomic E-state index is 12.8. The number of hydrogen-bond acceptors (Lipinski definition) is 6. The number of likely N-dealkylation sites (tertiary alicyclic amines) is 1. The smallest absolute Gasteiger partial charge is 0.338 e. The number of urea groups is 1. The predicted octanol–water partition coefficient (Wildman–Crippen LogP) is 5.11. The quantitative estimate of drug-likeness (QED) is 0.611. The first-order valence-corrected chi connectivity index (χ1v) is 12.4. The summed E-state index contributed by atoms with van der Waals surface area (Å²) in [6, 6.07) is 14.1. The number of ether oxygens (including phenoxy) is 1. The number of nitrogens with zero attached hydrogens (tertiary/aromatic N) is 3. The zero-order valence-corrected chi connectivity index (χ0v) is 20.1. The fourth-order valence-corrected chi connectivity index (χ4v) is 4.60. The summed E-state index contributed by atoms with van der Waals surface area (Å²) in [6.07, 6.45) is 3.31. The molecule has 2 amide bonds. The number of anilines is 1. The van der Waals surface area contributed by atoms with Crippen LogP contribution in [-0.2, 0) is 4.74 Å². The second-order valence-electron chi connectivity index (χ2n) is 7.79. The van der Waals surface area contributed by atoms with Gasteiger partial charge >= 0.3 is 12.0 Å². The van der Waals surface area contributed by atoms with E-state index in [1.54, 1.807) is 47.9 Å². The number of piperidine rings is 1. The minimum atomic E-state index is -0.522. The molecule has 0 radical (unpaired) electrons. The van der Waals surface area contributed by atoms with Crippen LogP contribution in [0.25, 0.3) is 0 Å². The molecule has 7 nitrogen and oxygen atoms in total. The summed E-state index contributed by atoms with van der Waals surface area (Å²) in [6.45, 7) is 3.18. The summed E-state index contributed by atoms with van der Waals surface area (Å²) in [5, 5.41) is 4.49. The molecule has 0 saturated carbocycles. The largest absolute Gasteiger partial charge is 0.462 e. The Morgan fingerprint density at radius 3 is 2.36 bits per heavy atom. The van der Waals surface area contributed by atoms with Crippen LogP contribution in [0, 0.1) is 0 Å². The molecule has 0 aromatic heterocycles. The number of thioether (sulfide) groups is 1. The van der Waals surface area contributed by atoms with E-state index in [0.29, 0.717) is 48.8 Å². The van der Waals surface area contributed by atoms with Crippen molar-refractivity contribution in [1.29, 1.82) is 0 Å². The first kappa shape index (κ1) is 23.3. The van der Waals surface area contributed by atoms with Crippen LogP contribution in [0.5, 0.6) is 0 Å². The van der Waals surface area contributed by atoms with Gasteiger partial charge in [-0.25, -0.2) is 14.6 Å². The summed E-state index contributed by atoms with van der Waals surface area (Å²) in [4.78, 5) is 36.2. The monoisotopic (exact) mass is 484 g/mol. The standard InChI is InChI=1S/C24H25ClN4O3S/c1-3-32-22(30)17-6-10-19(11-7-17)26-23(31)29-14-12-24(13-15-29)27-20(21(28-24)33-2)16-4-8-18(25)9-5-16/h4-11H,3,12-15H2,1-2H3,(H,26,31). The number of amides is 2. The Morgan fingerprint density at radius 1 is 1.09 bits per heavy atom. The third-order valence-electron chi connectivity index (χ3n) is 5.64. The third kappa shape index (κ3) is 5.23. The van der Waals surface area contributed by atoms with Gasteiger partial charge in [0, 0.05) is 42.2 Å². The summed E-state index contributed by atoms with van der Waals surface area (Å²) in [5.41, 5.74) is 2.44. The summed E-state index contributed by atoms with van der Waals surface area (Å²) >= 11 is 7.61. The minimum Gasteiger partial charge on any atom is -0.462 e. The van der Waals surface area contributed by atoms with Crippen LogP contribution in [0.15, 0.2) is 58.5 Å². The van der Waals surface area contributed by atoms with E-state index in [1.807, 2.05) is 30.5 Å². The van der Waals surface area contributed by atoms with Crippen molar-refractivity contribution in [3.63, 3.8) is 0 Å². The van der Waals surface area contributed by atoms with Crippen LogP contribution in [0.2, 0.25) is 5.02 Å². The highest BCUT2D eigenvalue weighted by Crippen LogP contribution is 2.35. The van der Waals surface area contributed by atoms with Crippen molar-refractivity contribution in [3.8, 4) is 0 Å². The van der Waals surface area contributed by atoms with Gasteiger partial charge in [-0.05, 0) is 49.6 Å². The average Bonchev–Trinajstić information content (AvgIpc) is 3.18. The number of benzene rings is 2. The van der Waals surface area contributed by atoms with Crippen molar-refractivity contribution in [2.75, 3.05) is 31.3 Å². The first-order chi connectivity index (χ1) is 15.9. The molecule has 0 atom stereocenters. The lowest BCUT2D eigenvalue weighted by Crippen LogP contribution is -2.46. The topological polar surface area (TPSA) is 83.4 Å². The Labute approximate surface area is 202 Å². The van der Waals surface area contributed by atoms with E-state index in [2.05, 4.69) is 5.32 Å². The number of hydrogen-bond donors (Lipinski definition) is 1. The fourth-order valence-electron chi connectivity index (χ4n) is 3.86. The van der Waals surface area contributed by atoms with Gasteiger partial charge in [-0.2, -0.15) is 0 Å². The summed E-state index contributed by atoms with van der Waals surface area (Å²) in [5.74, 6) is -0.378. The Bertz CT molecular complexity index is 1090. The van der Waals surface area contributed by atoms with Gasteiger partial charge in [0.1, 0.15) is 5.04 Å². The van der Waals surface area contributed by atoms with Gasteiger partial charge in [0.2, 0.25) is 0 Å². The number of carbonyl (C=O) groups excluding carboxylic acids is 2. The van der Waals surface area contributed by atoms with Crippen molar-refractivity contribution >= 4 is 51.8 Å². The molecule has 1 spiro atoms. The number of rotatable bonds is 4. The molecule has 1 N–H and O–H groups in total. The molecule has 2 aromatic carbocycles. The van der Waals surface area contributed by atoms with E-state index in [0.717, 1.165) is 16.3 Å². The molecule has 2 aliphatic rings. The van der Waals surface area contributed by atoms with Crippen molar-refractivity contribution < 1.29 is 14.3 Å². The zero-order chi connectivity index (χ0) is 23.4.